The van der Waals surface area contributed by atoms with Crippen molar-refractivity contribution in [3.8, 4) is 0 Å². The van der Waals surface area contributed by atoms with Crippen LogP contribution in [0.4, 0.5) is 0 Å². The highest BCUT2D eigenvalue weighted by atomic mass is 16.2. The Bertz CT molecular complexity index is 245. The van der Waals surface area contributed by atoms with E-state index in [1.54, 1.807) is 0 Å². The van der Waals surface area contributed by atoms with E-state index >= 15 is 0 Å². The maximum Gasteiger partial charge on any atom is 0.237 e. The Morgan fingerprint density at radius 3 is 2.35 bits per heavy atom. The van der Waals surface area contributed by atoms with Crippen molar-refractivity contribution in [2.45, 2.75) is 46.2 Å². The molecule has 1 unspecified atom stereocenters. The minimum Gasteiger partial charge on any atom is -0.337 e. The van der Waals surface area contributed by atoms with Crippen molar-refractivity contribution in [1.82, 2.24) is 9.80 Å². The average Bonchev–Trinajstić information content (AvgIpc) is 2.64. The van der Waals surface area contributed by atoms with Crippen molar-refractivity contribution in [3.05, 3.63) is 0 Å². The van der Waals surface area contributed by atoms with Gasteiger partial charge < -0.3 is 10.6 Å². The minimum absolute atomic E-state index is 0.243. The molecule has 1 amide bonds. The van der Waals surface area contributed by atoms with Gasteiger partial charge in [-0.05, 0) is 53.1 Å². The van der Waals surface area contributed by atoms with Gasteiger partial charge in [0.1, 0.15) is 0 Å². The minimum atomic E-state index is 0.243. The van der Waals surface area contributed by atoms with E-state index in [9.17, 15) is 4.79 Å². The van der Waals surface area contributed by atoms with Gasteiger partial charge in [0.25, 0.3) is 0 Å². The number of rotatable bonds is 5. The Labute approximate surface area is 105 Å². The molecule has 1 saturated heterocycles. The van der Waals surface area contributed by atoms with Crippen LogP contribution in [-0.4, -0.2) is 54.0 Å². The third-order valence-corrected chi connectivity index (χ3v) is 3.46. The monoisotopic (exact) mass is 241 g/mol. The van der Waals surface area contributed by atoms with E-state index in [1.165, 1.54) is 0 Å². The van der Waals surface area contributed by atoms with Crippen LogP contribution in [0.25, 0.3) is 0 Å². The van der Waals surface area contributed by atoms with Crippen LogP contribution in [0.1, 0.15) is 34.1 Å². The van der Waals surface area contributed by atoms with Crippen molar-refractivity contribution in [2.24, 2.45) is 11.7 Å². The lowest BCUT2D eigenvalue weighted by molar-refractivity contribution is -0.135. The number of nitrogens with two attached hydrogens (primary N) is 1. The standard InChI is InChI=1S/C13H27N3O/c1-10(2)16(11(3)4)13(17)9-15-6-5-12(7-14)8-15/h10-12H,5-9,14H2,1-4H3. The summed E-state index contributed by atoms with van der Waals surface area (Å²) in [6.07, 6.45) is 1.13. The first kappa shape index (κ1) is 14.5. The van der Waals surface area contributed by atoms with E-state index < -0.39 is 0 Å². The van der Waals surface area contributed by atoms with Crippen molar-refractivity contribution in [1.29, 1.82) is 0 Å². The SMILES string of the molecule is CC(C)N(C(=O)CN1CCC(CN)C1)C(C)C. The number of hydrogen-bond acceptors (Lipinski definition) is 3. The van der Waals surface area contributed by atoms with Gasteiger partial charge in [0, 0.05) is 18.6 Å². The Morgan fingerprint density at radius 1 is 1.35 bits per heavy atom. The Balaban J connectivity index is 2.48. The molecule has 4 heteroatoms. The van der Waals surface area contributed by atoms with Crippen LogP contribution in [0.5, 0.6) is 0 Å². The summed E-state index contributed by atoms with van der Waals surface area (Å²) in [5, 5.41) is 0. The van der Waals surface area contributed by atoms with Gasteiger partial charge in [-0.15, -0.1) is 0 Å². The molecule has 0 aromatic carbocycles. The molecule has 17 heavy (non-hydrogen) atoms. The normalized spacial score (nSPS) is 21.5. The summed E-state index contributed by atoms with van der Waals surface area (Å²) in [6.45, 7) is 11.6. The second kappa shape index (κ2) is 6.36. The van der Waals surface area contributed by atoms with Gasteiger partial charge in [-0.1, -0.05) is 0 Å². The van der Waals surface area contributed by atoms with Gasteiger partial charge in [-0.25, -0.2) is 0 Å². The molecule has 0 aromatic rings. The van der Waals surface area contributed by atoms with Crippen LogP contribution in [0.2, 0.25) is 0 Å². The zero-order valence-corrected chi connectivity index (χ0v) is 11.6. The van der Waals surface area contributed by atoms with E-state index in [0.717, 1.165) is 26.1 Å². The van der Waals surface area contributed by atoms with E-state index in [2.05, 4.69) is 32.6 Å². The molecule has 0 aromatic heterocycles. The average molecular weight is 241 g/mol. The molecular weight excluding hydrogens is 214 g/mol. The summed E-state index contributed by atoms with van der Waals surface area (Å²) in [6, 6.07) is 0.547. The third kappa shape index (κ3) is 3.96. The molecule has 0 saturated carbocycles. The van der Waals surface area contributed by atoms with Crippen molar-refractivity contribution >= 4 is 5.91 Å². The van der Waals surface area contributed by atoms with Gasteiger partial charge in [0.2, 0.25) is 5.91 Å². The molecule has 0 radical (unpaired) electrons. The summed E-state index contributed by atoms with van der Waals surface area (Å²) in [5.74, 6) is 0.821. The van der Waals surface area contributed by atoms with Gasteiger partial charge in [-0.2, -0.15) is 0 Å². The summed E-state index contributed by atoms with van der Waals surface area (Å²) < 4.78 is 0. The number of carbonyl (C=O) groups is 1. The number of hydrogen-bond donors (Lipinski definition) is 1. The molecule has 1 rings (SSSR count). The summed E-state index contributed by atoms with van der Waals surface area (Å²) in [7, 11) is 0. The third-order valence-electron chi connectivity index (χ3n) is 3.46. The maximum atomic E-state index is 12.2. The molecule has 2 N–H and O–H groups in total. The first-order valence-corrected chi connectivity index (χ1v) is 6.69. The second-order valence-electron chi connectivity index (χ2n) is 5.61. The number of amides is 1. The maximum absolute atomic E-state index is 12.2. The Morgan fingerprint density at radius 2 is 1.94 bits per heavy atom. The highest BCUT2D eigenvalue weighted by molar-refractivity contribution is 5.78. The van der Waals surface area contributed by atoms with Crippen molar-refractivity contribution < 1.29 is 4.79 Å². The summed E-state index contributed by atoms with van der Waals surface area (Å²) >= 11 is 0. The van der Waals surface area contributed by atoms with Crippen LogP contribution in [0.15, 0.2) is 0 Å². The summed E-state index contributed by atoms with van der Waals surface area (Å²) in [5.41, 5.74) is 5.66. The van der Waals surface area contributed by atoms with E-state index in [1.807, 2.05) is 4.90 Å². The zero-order chi connectivity index (χ0) is 13.0. The van der Waals surface area contributed by atoms with Crippen molar-refractivity contribution in [3.63, 3.8) is 0 Å². The molecule has 1 heterocycles. The Hall–Kier alpha value is -0.610. The van der Waals surface area contributed by atoms with Crippen LogP contribution in [0, 0.1) is 5.92 Å². The molecule has 1 atom stereocenters. The smallest absolute Gasteiger partial charge is 0.237 e. The number of nitrogens with zero attached hydrogens (tertiary/aromatic N) is 2. The molecule has 1 aliphatic rings. The van der Waals surface area contributed by atoms with Crippen LogP contribution in [0.3, 0.4) is 0 Å². The number of carbonyl (C=O) groups excluding carboxylic acids is 1. The first-order chi connectivity index (χ1) is 7.95. The molecule has 1 fully saturated rings. The highest BCUT2D eigenvalue weighted by Crippen LogP contribution is 2.15. The molecule has 1 aliphatic heterocycles. The lowest BCUT2D eigenvalue weighted by Gasteiger charge is -2.32. The second-order valence-corrected chi connectivity index (χ2v) is 5.61. The quantitative estimate of drug-likeness (QED) is 0.778. The van der Waals surface area contributed by atoms with Crippen LogP contribution >= 0.6 is 0 Å². The molecule has 4 nitrogen and oxygen atoms in total. The predicted octanol–water partition coefficient (Wildman–Crippen LogP) is 0.912. The fraction of sp³-hybridized carbons (Fsp3) is 0.923. The molecule has 100 valence electrons. The van der Waals surface area contributed by atoms with Crippen LogP contribution < -0.4 is 5.73 Å². The molecular formula is C13H27N3O. The van der Waals surface area contributed by atoms with Gasteiger partial charge in [0.15, 0.2) is 0 Å². The zero-order valence-electron chi connectivity index (χ0n) is 11.6. The molecule has 0 bridgehead atoms. The lowest BCUT2D eigenvalue weighted by atomic mass is 10.1. The number of likely N-dealkylation sites (tertiary alicyclic amines) is 1. The van der Waals surface area contributed by atoms with Crippen LogP contribution in [-0.2, 0) is 4.79 Å². The van der Waals surface area contributed by atoms with Gasteiger partial charge in [0.05, 0.1) is 6.54 Å². The van der Waals surface area contributed by atoms with Crippen molar-refractivity contribution in [2.75, 3.05) is 26.2 Å². The van der Waals surface area contributed by atoms with E-state index in [-0.39, 0.29) is 18.0 Å². The summed E-state index contributed by atoms with van der Waals surface area (Å²) in [4.78, 5) is 16.4. The van der Waals surface area contributed by atoms with Gasteiger partial charge >= 0.3 is 0 Å². The molecule has 0 spiro atoms. The predicted molar refractivity (Wildman–Crippen MR) is 70.7 cm³/mol. The topological polar surface area (TPSA) is 49.6 Å². The van der Waals surface area contributed by atoms with Gasteiger partial charge in [-0.3, -0.25) is 9.69 Å². The molecule has 0 aliphatic carbocycles. The fourth-order valence-corrected chi connectivity index (χ4v) is 2.69. The largest absolute Gasteiger partial charge is 0.337 e. The Kier molecular flexibility index (Phi) is 5.40. The van der Waals surface area contributed by atoms with E-state index in [0.29, 0.717) is 12.5 Å². The van der Waals surface area contributed by atoms with E-state index in [4.69, 9.17) is 5.73 Å². The lowest BCUT2D eigenvalue weighted by Crippen LogP contribution is -2.46. The first-order valence-electron chi connectivity index (χ1n) is 6.69. The highest BCUT2D eigenvalue weighted by Gasteiger charge is 2.26. The fourth-order valence-electron chi connectivity index (χ4n) is 2.69.